The predicted octanol–water partition coefficient (Wildman–Crippen LogP) is 3.98. The van der Waals surface area contributed by atoms with E-state index in [0.717, 1.165) is 18.2 Å². The number of Topliss-reactive ketones (excluding diaryl/α,β-unsaturated/α-hetero) is 1. The van der Waals surface area contributed by atoms with Crippen molar-refractivity contribution in [2.24, 2.45) is 0 Å². The molecular weight excluding hydrogens is 297 g/mol. The number of halogens is 3. The van der Waals surface area contributed by atoms with E-state index in [2.05, 4.69) is 0 Å². The first-order valence-electron chi connectivity index (χ1n) is 6.38. The Hall–Kier alpha value is -2.50. The monoisotopic (exact) mass is 310 g/mol. The minimum absolute atomic E-state index is 0.0784. The lowest BCUT2D eigenvalue weighted by Gasteiger charge is -2.12. The summed E-state index contributed by atoms with van der Waals surface area (Å²) in [6.07, 6.45) is -4.53. The van der Waals surface area contributed by atoms with Crippen molar-refractivity contribution in [2.75, 3.05) is 13.7 Å². The molecule has 0 bridgehead atoms. The van der Waals surface area contributed by atoms with Gasteiger partial charge in [0.05, 0.1) is 18.2 Å². The lowest BCUT2D eigenvalue weighted by Crippen LogP contribution is -2.14. The Bertz CT molecular complexity index is 651. The number of ether oxygens (including phenoxy) is 2. The molecule has 0 fully saturated rings. The van der Waals surface area contributed by atoms with Gasteiger partial charge in [-0.25, -0.2) is 0 Å². The number of hydrogen-bond acceptors (Lipinski definition) is 3. The third-order valence-electron chi connectivity index (χ3n) is 2.94. The van der Waals surface area contributed by atoms with Crippen molar-refractivity contribution < 1.29 is 27.4 Å². The molecule has 0 N–H and O–H groups in total. The zero-order valence-corrected chi connectivity index (χ0v) is 11.7. The Morgan fingerprint density at radius 1 is 1.09 bits per heavy atom. The number of para-hydroxylation sites is 1. The van der Waals surface area contributed by atoms with Gasteiger partial charge in [0, 0.05) is 0 Å². The molecular formula is C16H13F3O3. The first kappa shape index (κ1) is 15.9. The molecule has 6 heteroatoms. The molecule has 22 heavy (non-hydrogen) atoms. The van der Waals surface area contributed by atoms with Crippen molar-refractivity contribution in [3.05, 3.63) is 59.7 Å². The highest BCUT2D eigenvalue weighted by atomic mass is 19.4. The topological polar surface area (TPSA) is 35.5 Å². The summed E-state index contributed by atoms with van der Waals surface area (Å²) in [7, 11) is 1.29. The van der Waals surface area contributed by atoms with Gasteiger partial charge < -0.3 is 9.47 Å². The van der Waals surface area contributed by atoms with E-state index < -0.39 is 17.5 Å². The lowest BCUT2D eigenvalue weighted by atomic mass is 10.1. The fraction of sp³-hybridized carbons (Fsp3) is 0.188. The highest BCUT2D eigenvalue weighted by Gasteiger charge is 2.32. The predicted molar refractivity (Wildman–Crippen MR) is 74.3 cm³/mol. The maximum atomic E-state index is 12.7. The second-order valence-electron chi connectivity index (χ2n) is 4.44. The van der Waals surface area contributed by atoms with E-state index in [1.807, 2.05) is 0 Å². The highest BCUT2D eigenvalue weighted by Crippen LogP contribution is 2.32. The molecule has 0 radical (unpaired) electrons. The molecule has 0 saturated carbocycles. The van der Waals surface area contributed by atoms with Crippen LogP contribution >= 0.6 is 0 Å². The number of carbonyl (C=O) groups excluding carboxylic acids is 1. The Morgan fingerprint density at radius 3 is 2.36 bits per heavy atom. The summed E-state index contributed by atoms with van der Waals surface area (Å²) in [6, 6.07) is 11.3. The molecule has 0 spiro atoms. The van der Waals surface area contributed by atoms with Crippen LogP contribution in [0.1, 0.15) is 15.9 Å². The van der Waals surface area contributed by atoms with Gasteiger partial charge in [0.25, 0.3) is 0 Å². The largest absolute Gasteiger partial charge is 0.496 e. The van der Waals surface area contributed by atoms with Crippen LogP contribution in [0.5, 0.6) is 11.5 Å². The van der Waals surface area contributed by atoms with Crippen LogP contribution in [-0.4, -0.2) is 19.5 Å². The average Bonchev–Trinajstić information content (AvgIpc) is 2.52. The first-order valence-corrected chi connectivity index (χ1v) is 6.38. The molecule has 0 atom stereocenters. The maximum absolute atomic E-state index is 12.7. The molecule has 0 unspecified atom stereocenters. The smallest absolute Gasteiger partial charge is 0.416 e. The number of benzene rings is 2. The number of hydrogen-bond donors (Lipinski definition) is 0. The zero-order valence-electron chi connectivity index (χ0n) is 11.7. The van der Waals surface area contributed by atoms with Gasteiger partial charge in [-0.05, 0) is 30.3 Å². The second-order valence-corrected chi connectivity index (χ2v) is 4.44. The van der Waals surface area contributed by atoms with Gasteiger partial charge in [-0.15, -0.1) is 0 Å². The Morgan fingerprint density at radius 2 is 1.77 bits per heavy atom. The number of alkyl halides is 3. The molecule has 2 rings (SSSR count). The molecule has 3 nitrogen and oxygen atoms in total. The Labute approximate surface area is 125 Å². The first-order chi connectivity index (χ1) is 10.4. The van der Waals surface area contributed by atoms with Crippen molar-refractivity contribution >= 4 is 5.78 Å². The van der Waals surface area contributed by atoms with Crippen LogP contribution in [0.25, 0.3) is 0 Å². The van der Waals surface area contributed by atoms with Crippen molar-refractivity contribution in [3.63, 3.8) is 0 Å². The fourth-order valence-electron chi connectivity index (χ4n) is 1.85. The van der Waals surface area contributed by atoms with E-state index >= 15 is 0 Å². The minimum atomic E-state index is -4.53. The summed E-state index contributed by atoms with van der Waals surface area (Å²) in [4.78, 5) is 12.1. The number of ketones is 1. The molecule has 0 aliphatic heterocycles. The summed E-state index contributed by atoms with van der Waals surface area (Å²) >= 11 is 0. The van der Waals surface area contributed by atoms with Gasteiger partial charge in [-0.1, -0.05) is 18.2 Å². The van der Waals surface area contributed by atoms with E-state index in [1.165, 1.54) is 7.11 Å². The van der Waals surface area contributed by atoms with Crippen LogP contribution in [0.2, 0.25) is 0 Å². The van der Waals surface area contributed by atoms with Crippen LogP contribution in [0, 0.1) is 0 Å². The van der Waals surface area contributed by atoms with Crippen molar-refractivity contribution in [1.82, 2.24) is 0 Å². The summed E-state index contributed by atoms with van der Waals surface area (Å²) in [5.74, 6) is -0.0525. The van der Waals surface area contributed by atoms with Crippen LogP contribution in [-0.2, 0) is 6.18 Å². The van der Waals surface area contributed by atoms with Gasteiger partial charge in [-0.3, -0.25) is 4.79 Å². The molecule has 0 amide bonds. The minimum Gasteiger partial charge on any atom is -0.496 e. The third kappa shape index (κ3) is 3.78. The molecule has 2 aromatic carbocycles. The van der Waals surface area contributed by atoms with E-state index in [-0.39, 0.29) is 17.9 Å². The van der Waals surface area contributed by atoms with E-state index in [4.69, 9.17) is 9.47 Å². The van der Waals surface area contributed by atoms with E-state index in [0.29, 0.717) is 5.75 Å². The summed E-state index contributed by atoms with van der Waals surface area (Å²) in [5, 5.41) is 0. The lowest BCUT2D eigenvalue weighted by molar-refractivity contribution is -0.137. The van der Waals surface area contributed by atoms with Gasteiger partial charge in [0.15, 0.2) is 6.61 Å². The molecule has 0 heterocycles. The van der Waals surface area contributed by atoms with Gasteiger partial charge >= 0.3 is 6.18 Å². The third-order valence-corrected chi connectivity index (χ3v) is 2.94. The number of methoxy groups -OCH3 is 1. The molecule has 116 valence electrons. The standard InChI is InChI=1S/C16H13F3O3/c1-21-15-8-7-11(16(17,18)19)9-13(15)14(20)10-22-12-5-3-2-4-6-12/h2-9H,10H2,1H3. The van der Waals surface area contributed by atoms with E-state index in [9.17, 15) is 18.0 Å². The fourth-order valence-corrected chi connectivity index (χ4v) is 1.85. The van der Waals surface area contributed by atoms with Gasteiger partial charge in [-0.2, -0.15) is 13.2 Å². The van der Waals surface area contributed by atoms with Crippen LogP contribution in [0.4, 0.5) is 13.2 Å². The Balaban J connectivity index is 2.20. The summed E-state index contributed by atoms with van der Waals surface area (Å²) in [5.41, 5.74) is -1.07. The van der Waals surface area contributed by atoms with Crippen LogP contribution < -0.4 is 9.47 Å². The second kappa shape index (κ2) is 6.51. The van der Waals surface area contributed by atoms with E-state index in [1.54, 1.807) is 30.3 Å². The van der Waals surface area contributed by atoms with Crippen LogP contribution in [0.3, 0.4) is 0 Å². The average molecular weight is 310 g/mol. The molecule has 0 aliphatic carbocycles. The van der Waals surface area contributed by atoms with Gasteiger partial charge in [0.1, 0.15) is 11.5 Å². The molecule has 0 aromatic heterocycles. The summed E-state index contributed by atoms with van der Waals surface area (Å²) < 4.78 is 48.4. The highest BCUT2D eigenvalue weighted by molar-refractivity contribution is 6.00. The molecule has 0 aliphatic rings. The number of rotatable bonds is 5. The maximum Gasteiger partial charge on any atom is 0.416 e. The Kier molecular flexibility index (Phi) is 4.70. The van der Waals surface area contributed by atoms with Crippen molar-refractivity contribution in [1.29, 1.82) is 0 Å². The normalized spacial score (nSPS) is 11.1. The van der Waals surface area contributed by atoms with Crippen molar-refractivity contribution in [2.45, 2.75) is 6.18 Å². The van der Waals surface area contributed by atoms with Crippen LogP contribution in [0.15, 0.2) is 48.5 Å². The SMILES string of the molecule is COc1ccc(C(F)(F)F)cc1C(=O)COc1ccccc1. The summed E-state index contributed by atoms with van der Waals surface area (Å²) in [6.45, 7) is -0.373. The van der Waals surface area contributed by atoms with Crippen molar-refractivity contribution in [3.8, 4) is 11.5 Å². The quantitative estimate of drug-likeness (QED) is 0.784. The number of carbonyl (C=O) groups is 1. The molecule has 0 saturated heterocycles. The zero-order chi connectivity index (χ0) is 16.2. The molecule has 2 aromatic rings. The van der Waals surface area contributed by atoms with Gasteiger partial charge in [0.2, 0.25) is 5.78 Å².